The summed E-state index contributed by atoms with van der Waals surface area (Å²) in [7, 11) is 0. The first-order valence-corrected chi connectivity index (χ1v) is 10.5. The molecule has 3 heterocycles. The maximum atomic E-state index is 13.0. The molecule has 30 heavy (non-hydrogen) atoms. The van der Waals surface area contributed by atoms with Crippen LogP contribution in [0.25, 0.3) is 0 Å². The molecule has 3 aliphatic rings. The van der Waals surface area contributed by atoms with Gasteiger partial charge in [-0.15, -0.1) is 0 Å². The minimum atomic E-state index is -0.304. The second-order valence-electron chi connectivity index (χ2n) is 8.30. The largest absolute Gasteiger partial charge is 0.490 e. The van der Waals surface area contributed by atoms with E-state index in [1.807, 2.05) is 0 Å². The van der Waals surface area contributed by atoms with Gasteiger partial charge in [0.15, 0.2) is 17.6 Å². The topological polar surface area (TPSA) is 60.0 Å². The monoisotopic (exact) mass is 412 g/mol. The lowest BCUT2D eigenvalue weighted by Gasteiger charge is -2.30. The van der Waals surface area contributed by atoms with Gasteiger partial charge in [-0.1, -0.05) is 0 Å². The quantitative estimate of drug-likeness (QED) is 0.819. The minimum absolute atomic E-state index is 0.0735. The summed E-state index contributed by atoms with van der Waals surface area (Å²) in [4.78, 5) is 15.1. The summed E-state index contributed by atoms with van der Waals surface area (Å²) in [6, 6.07) is 11.3. The molecule has 1 unspecified atom stereocenters. The molecule has 1 amide bonds. The molecule has 2 aromatic rings. The minimum Gasteiger partial charge on any atom is -0.490 e. The highest BCUT2D eigenvalue weighted by Crippen LogP contribution is 2.33. The number of piperidine rings is 1. The third-order valence-electron chi connectivity index (χ3n) is 5.98. The van der Waals surface area contributed by atoms with Gasteiger partial charge < -0.3 is 24.4 Å². The number of amides is 1. The number of hydrogen-bond donors (Lipinski definition) is 1. The van der Waals surface area contributed by atoms with Gasteiger partial charge in [0.2, 0.25) is 0 Å². The maximum absolute atomic E-state index is 13.0. The van der Waals surface area contributed by atoms with Gasteiger partial charge in [-0.25, -0.2) is 4.39 Å². The Labute approximate surface area is 174 Å². The van der Waals surface area contributed by atoms with E-state index in [-0.39, 0.29) is 30.5 Å². The van der Waals surface area contributed by atoms with Crippen molar-refractivity contribution in [1.29, 1.82) is 0 Å². The first-order chi connectivity index (χ1) is 14.6. The van der Waals surface area contributed by atoms with Gasteiger partial charge in [0.25, 0.3) is 5.91 Å². The van der Waals surface area contributed by atoms with Gasteiger partial charge in [-0.05, 0) is 67.8 Å². The molecule has 1 N–H and O–H groups in total. The van der Waals surface area contributed by atoms with E-state index in [0.717, 1.165) is 19.5 Å². The highest BCUT2D eigenvalue weighted by Gasteiger charge is 2.33. The lowest BCUT2D eigenvalue weighted by atomic mass is 9.96. The normalized spacial score (nSPS) is 26.8. The van der Waals surface area contributed by atoms with Crippen LogP contribution in [0.1, 0.15) is 23.2 Å². The van der Waals surface area contributed by atoms with Gasteiger partial charge in [0.1, 0.15) is 24.8 Å². The number of fused-ring (bicyclic) bond motifs is 3. The SMILES string of the molecule is O=C(N[C@@H]1C[C@H]2CCN(C2)C1)c1ccc2c(c1)OC[C@@H](COc1ccc(F)cc1)O2. The van der Waals surface area contributed by atoms with Crippen LogP contribution in [0.5, 0.6) is 17.2 Å². The molecule has 2 aromatic carbocycles. The van der Waals surface area contributed by atoms with Crippen molar-refractivity contribution in [2.45, 2.75) is 25.0 Å². The van der Waals surface area contributed by atoms with Crippen molar-refractivity contribution in [3.05, 3.63) is 53.8 Å². The Hall–Kier alpha value is -2.80. The summed E-state index contributed by atoms with van der Waals surface area (Å²) >= 11 is 0. The van der Waals surface area contributed by atoms with Crippen LogP contribution >= 0.6 is 0 Å². The Morgan fingerprint density at radius 3 is 2.87 bits per heavy atom. The van der Waals surface area contributed by atoms with Crippen LogP contribution < -0.4 is 19.5 Å². The molecule has 0 aromatic heterocycles. The Kier molecular flexibility index (Phi) is 5.21. The van der Waals surface area contributed by atoms with Crippen molar-refractivity contribution in [3.8, 4) is 17.2 Å². The van der Waals surface area contributed by atoms with E-state index in [9.17, 15) is 9.18 Å². The fraction of sp³-hybridized carbons (Fsp3) is 0.435. The van der Waals surface area contributed by atoms with Crippen LogP contribution in [-0.4, -0.2) is 55.8 Å². The van der Waals surface area contributed by atoms with Crippen molar-refractivity contribution in [2.24, 2.45) is 5.92 Å². The van der Waals surface area contributed by atoms with E-state index in [1.54, 1.807) is 30.3 Å². The predicted molar refractivity (Wildman–Crippen MR) is 109 cm³/mol. The number of nitrogens with one attached hydrogen (secondary N) is 1. The zero-order valence-corrected chi connectivity index (χ0v) is 16.7. The van der Waals surface area contributed by atoms with E-state index in [4.69, 9.17) is 14.2 Å². The van der Waals surface area contributed by atoms with E-state index in [1.165, 1.54) is 25.1 Å². The summed E-state index contributed by atoms with van der Waals surface area (Å²) in [5.41, 5.74) is 0.575. The summed E-state index contributed by atoms with van der Waals surface area (Å²) in [6.45, 7) is 3.85. The van der Waals surface area contributed by atoms with Crippen LogP contribution in [0, 0.1) is 11.7 Å². The first-order valence-electron chi connectivity index (χ1n) is 10.5. The molecular formula is C23H25FN2O4. The molecule has 0 radical (unpaired) electrons. The molecule has 0 spiro atoms. The average molecular weight is 412 g/mol. The van der Waals surface area contributed by atoms with Crippen LogP contribution in [0.3, 0.4) is 0 Å². The molecule has 158 valence electrons. The van der Waals surface area contributed by atoms with Crippen molar-refractivity contribution in [3.63, 3.8) is 0 Å². The second-order valence-corrected chi connectivity index (χ2v) is 8.30. The number of nitrogens with zero attached hydrogens (tertiary/aromatic N) is 1. The third kappa shape index (κ3) is 4.21. The van der Waals surface area contributed by atoms with Gasteiger partial charge in [0, 0.05) is 24.7 Å². The maximum Gasteiger partial charge on any atom is 0.251 e. The smallest absolute Gasteiger partial charge is 0.251 e. The summed E-state index contributed by atoms with van der Waals surface area (Å²) in [5, 5.41) is 3.17. The molecule has 6 nitrogen and oxygen atoms in total. The summed E-state index contributed by atoms with van der Waals surface area (Å²) in [6.07, 6.45) is 2.01. The fourth-order valence-corrected chi connectivity index (χ4v) is 4.49. The van der Waals surface area contributed by atoms with Crippen molar-refractivity contribution >= 4 is 5.91 Å². The zero-order chi connectivity index (χ0) is 20.5. The fourth-order valence-electron chi connectivity index (χ4n) is 4.49. The molecule has 0 saturated carbocycles. The summed E-state index contributed by atoms with van der Waals surface area (Å²) in [5.74, 6) is 2.06. The number of rotatable bonds is 5. The lowest BCUT2D eigenvalue weighted by molar-refractivity contribution is 0.0534. The van der Waals surface area contributed by atoms with E-state index in [2.05, 4.69) is 10.2 Å². The number of carbonyl (C=O) groups excluding carboxylic acids is 1. The second kappa shape index (κ2) is 8.14. The van der Waals surface area contributed by atoms with Crippen molar-refractivity contribution < 1.29 is 23.4 Å². The van der Waals surface area contributed by atoms with Crippen LogP contribution in [0.2, 0.25) is 0 Å². The van der Waals surface area contributed by atoms with E-state index >= 15 is 0 Å². The molecule has 2 bridgehead atoms. The number of carbonyl (C=O) groups is 1. The number of hydrogen-bond acceptors (Lipinski definition) is 5. The van der Waals surface area contributed by atoms with Crippen molar-refractivity contribution in [2.75, 3.05) is 32.8 Å². The Morgan fingerprint density at radius 2 is 2.03 bits per heavy atom. The van der Waals surface area contributed by atoms with Crippen LogP contribution in [0.4, 0.5) is 4.39 Å². The third-order valence-corrected chi connectivity index (χ3v) is 5.98. The lowest BCUT2D eigenvalue weighted by Crippen LogP contribution is -2.47. The first kappa shape index (κ1) is 19.2. The Balaban J connectivity index is 1.17. The molecule has 5 rings (SSSR count). The number of halogens is 1. The Morgan fingerprint density at radius 1 is 1.17 bits per heavy atom. The standard InChI is InChI=1S/C23H25FN2O4/c24-17-2-4-19(5-3-17)28-13-20-14-29-22-10-16(1-6-21(22)30-20)23(27)25-18-9-15-7-8-26(11-15)12-18/h1-6,10,15,18,20H,7-9,11-14H2,(H,25,27)/t15-,18-,20-/m1/s1. The number of benzene rings is 2. The molecule has 4 atom stereocenters. The Bertz CT molecular complexity index is 908. The van der Waals surface area contributed by atoms with Gasteiger partial charge in [-0.3, -0.25) is 4.79 Å². The van der Waals surface area contributed by atoms with Gasteiger partial charge in [0.05, 0.1) is 0 Å². The molecule has 2 fully saturated rings. The zero-order valence-electron chi connectivity index (χ0n) is 16.7. The van der Waals surface area contributed by atoms with Crippen LogP contribution in [0.15, 0.2) is 42.5 Å². The molecular weight excluding hydrogens is 387 g/mol. The molecule has 3 aliphatic heterocycles. The number of ether oxygens (including phenoxy) is 3. The molecule has 0 aliphatic carbocycles. The highest BCUT2D eigenvalue weighted by molar-refractivity contribution is 5.95. The predicted octanol–water partition coefficient (Wildman–Crippen LogP) is 2.87. The van der Waals surface area contributed by atoms with E-state index in [0.29, 0.717) is 35.3 Å². The average Bonchev–Trinajstić information content (AvgIpc) is 3.10. The highest BCUT2D eigenvalue weighted by atomic mass is 19.1. The van der Waals surface area contributed by atoms with Crippen LogP contribution in [-0.2, 0) is 0 Å². The van der Waals surface area contributed by atoms with Gasteiger partial charge in [-0.2, -0.15) is 0 Å². The van der Waals surface area contributed by atoms with Crippen molar-refractivity contribution in [1.82, 2.24) is 10.2 Å². The van der Waals surface area contributed by atoms with Gasteiger partial charge >= 0.3 is 0 Å². The van der Waals surface area contributed by atoms with E-state index < -0.39 is 0 Å². The molecule has 2 saturated heterocycles. The molecule has 7 heteroatoms. The summed E-state index contributed by atoms with van der Waals surface area (Å²) < 4.78 is 30.4.